The number of aromatic nitrogens is 1. The average molecular weight is 400 g/mol. The van der Waals surface area contributed by atoms with Gasteiger partial charge in [-0.1, -0.05) is 19.9 Å². The molecule has 0 spiro atoms. The van der Waals surface area contributed by atoms with Crippen LogP contribution in [0.4, 0.5) is 0 Å². The highest BCUT2D eigenvalue weighted by atomic mass is 16.5. The molecule has 1 aromatic heterocycles. The zero-order valence-electron chi connectivity index (χ0n) is 16.9. The molecule has 2 rings (SSSR count). The van der Waals surface area contributed by atoms with Crippen LogP contribution in [0.2, 0.25) is 0 Å². The van der Waals surface area contributed by atoms with Crippen molar-refractivity contribution in [1.29, 1.82) is 5.26 Å². The molecular formula is C21H28N4O4. The van der Waals surface area contributed by atoms with E-state index in [1.165, 1.54) is 0 Å². The summed E-state index contributed by atoms with van der Waals surface area (Å²) >= 11 is 0. The van der Waals surface area contributed by atoms with Crippen molar-refractivity contribution in [3.63, 3.8) is 0 Å². The second-order valence-corrected chi connectivity index (χ2v) is 7.71. The van der Waals surface area contributed by atoms with Crippen molar-refractivity contribution in [2.45, 2.75) is 52.2 Å². The molecule has 156 valence electrons. The van der Waals surface area contributed by atoms with Gasteiger partial charge in [0.1, 0.15) is 12.6 Å². The van der Waals surface area contributed by atoms with Gasteiger partial charge in [-0.3, -0.25) is 19.4 Å². The topological polar surface area (TPSA) is 121 Å². The van der Waals surface area contributed by atoms with E-state index >= 15 is 0 Å². The summed E-state index contributed by atoms with van der Waals surface area (Å²) in [5.74, 6) is -1.61. The Morgan fingerprint density at radius 3 is 2.79 bits per heavy atom. The molecule has 2 amide bonds. The Bertz CT molecular complexity index is 745. The summed E-state index contributed by atoms with van der Waals surface area (Å²) in [4.78, 5) is 40.8. The normalized spacial score (nSPS) is 17.9. The molecule has 3 atom stereocenters. The minimum absolute atomic E-state index is 0.0489. The molecular weight excluding hydrogens is 372 g/mol. The van der Waals surface area contributed by atoms with E-state index in [0.29, 0.717) is 25.1 Å². The lowest BCUT2D eigenvalue weighted by molar-refractivity contribution is -0.148. The standard InChI is InChI=1S/C21H28N4O4/c1-14(2)9-16(11-19(26)29-13-17-5-3-4-7-23-17)21(28)25-18(12-22)10-15-6-8-24-20(15)27/h3-5,7,14-16,18H,6,8-11,13H2,1-2H3,(H,24,27)(H,25,28)/t15-,16+,18-/m0/s1. The summed E-state index contributed by atoms with van der Waals surface area (Å²) < 4.78 is 5.24. The Morgan fingerprint density at radius 1 is 1.41 bits per heavy atom. The molecule has 2 heterocycles. The highest BCUT2D eigenvalue weighted by molar-refractivity contribution is 5.84. The molecule has 8 heteroatoms. The van der Waals surface area contributed by atoms with Crippen LogP contribution < -0.4 is 10.6 Å². The van der Waals surface area contributed by atoms with E-state index in [9.17, 15) is 19.6 Å². The lowest BCUT2D eigenvalue weighted by Crippen LogP contribution is -2.41. The largest absolute Gasteiger partial charge is 0.459 e. The Labute approximate surface area is 171 Å². The minimum atomic E-state index is -0.768. The van der Waals surface area contributed by atoms with Gasteiger partial charge in [0.25, 0.3) is 0 Å². The van der Waals surface area contributed by atoms with Crippen LogP contribution in [0.25, 0.3) is 0 Å². The molecule has 1 fully saturated rings. The van der Waals surface area contributed by atoms with Gasteiger partial charge in [-0.2, -0.15) is 5.26 Å². The van der Waals surface area contributed by atoms with Crippen molar-refractivity contribution < 1.29 is 19.1 Å². The van der Waals surface area contributed by atoms with Crippen LogP contribution in [0, 0.1) is 29.1 Å². The van der Waals surface area contributed by atoms with Gasteiger partial charge in [0.05, 0.1) is 18.2 Å². The van der Waals surface area contributed by atoms with Crippen molar-refractivity contribution in [1.82, 2.24) is 15.6 Å². The molecule has 0 unspecified atom stereocenters. The Hall–Kier alpha value is -2.95. The summed E-state index contributed by atoms with van der Waals surface area (Å²) in [6, 6.07) is 6.61. The number of hydrogen-bond acceptors (Lipinski definition) is 6. The van der Waals surface area contributed by atoms with Gasteiger partial charge in [-0.05, 0) is 37.3 Å². The van der Waals surface area contributed by atoms with Crippen LogP contribution in [0.1, 0.15) is 45.2 Å². The quantitative estimate of drug-likeness (QED) is 0.577. The fourth-order valence-corrected chi connectivity index (χ4v) is 3.34. The number of pyridine rings is 1. The van der Waals surface area contributed by atoms with Crippen molar-refractivity contribution >= 4 is 17.8 Å². The highest BCUT2D eigenvalue weighted by Gasteiger charge is 2.30. The van der Waals surface area contributed by atoms with E-state index in [2.05, 4.69) is 21.7 Å². The number of nitrogens with zero attached hydrogens (tertiary/aromatic N) is 2. The molecule has 1 saturated heterocycles. The summed E-state index contributed by atoms with van der Waals surface area (Å²) in [5, 5.41) is 14.8. The van der Waals surface area contributed by atoms with Crippen molar-refractivity contribution in [3.8, 4) is 6.07 Å². The van der Waals surface area contributed by atoms with Crippen molar-refractivity contribution in [3.05, 3.63) is 30.1 Å². The van der Waals surface area contributed by atoms with Crippen molar-refractivity contribution in [2.75, 3.05) is 6.54 Å². The summed E-state index contributed by atoms with van der Waals surface area (Å²) in [5.41, 5.74) is 0.630. The second-order valence-electron chi connectivity index (χ2n) is 7.71. The number of esters is 1. The van der Waals surface area contributed by atoms with Crippen molar-refractivity contribution in [2.24, 2.45) is 17.8 Å². The number of hydrogen-bond donors (Lipinski definition) is 2. The van der Waals surface area contributed by atoms with Gasteiger partial charge in [0.15, 0.2) is 0 Å². The third kappa shape index (κ3) is 7.53. The van der Waals surface area contributed by atoms with Gasteiger partial charge in [0.2, 0.25) is 11.8 Å². The smallest absolute Gasteiger partial charge is 0.306 e. The third-order valence-electron chi connectivity index (χ3n) is 4.80. The minimum Gasteiger partial charge on any atom is -0.459 e. The van der Waals surface area contributed by atoms with Crippen LogP contribution in [-0.4, -0.2) is 35.4 Å². The first-order valence-corrected chi connectivity index (χ1v) is 9.92. The zero-order chi connectivity index (χ0) is 21.2. The Morgan fingerprint density at radius 2 is 2.21 bits per heavy atom. The first kappa shape index (κ1) is 22.3. The molecule has 2 N–H and O–H groups in total. The van der Waals surface area contributed by atoms with E-state index in [4.69, 9.17) is 4.74 Å². The molecule has 0 aliphatic carbocycles. The molecule has 0 aromatic carbocycles. The molecule has 1 aliphatic rings. The summed E-state index contributed by atoms with van der Waals surface area (Å²) in [7, 11) is 0. The maximum atomic E-state index is 12.7. The third-order valence-corrected chi connectivity index (χ3v) is 4.80. The molecule has 0 radical (unpaired) electrons. The molecule has 0 bridgehead atoms. The summed E-state index contributed by atoms with van der Waals surface area (Å²) in [6.07, 6.45) is 2.96. The molecule has 29 heavy (non-hydrogen) atoms. The van der Waals surface area contributed by atoms with E-state index < -0.39 is 17.9 Å². The first-order chi connectivity index (χ1) is 13.9. The van der Waals surface area contributed by atoms with Crippen LogP contribution >= 0.6 is 0 Å². The van der Waals surface area contributed by atoms with E-state index in [0.717, 1.165) is 0 Å². The molecule has 1 aromatic rings. The Kier molecular flexibility index (Phi) is 8.59. The maximum Gasteiger partial charge on any atom is 0.306 e. The van der Waals surface area contributed by atoms with E-state index in [-0.39, 0.29) is 43.1 Å². The number of amides is 2. The first-order valence-electron chi connectivity index (χ1n) is 9.92. The Balaban J connectivity index is 1.91. The lowest BCUT2D eigenvalue weighted by atomic mass is 9.92. The second kappa shape index (κ2) is 11.1. The number of carbonyl (C=O) groups excluding carboxylic acids is 3. The van der Waals surface area contributed by atoms with Crippen LogP contribution in [-0.2, 0) is 25.7 Å². The van der Waals surface area contributed by atoms with Gasteiger partial charge in [-0.15, -0.1) is 0 Å². The highest BCUT2D eigenvalue weighted by Crippen LogP contribution is 2.19. The monoisotopic (exact) mass is 400 g/mol. The predicted molar refractivity (Wildman–Crippen MR) is 105 cm³/mol. The van der Waals surface area contributed by atoms with Gasteiger partial charge in [-0.25, -0.2) is 0 Å². The van der Waals surface area contributed by atoms with Crippen LogP contribution in [0.3, 0.4) is 0 Å². The fourth-order valence-electron chi connectivity index (χ4n) is 3.34. The van der Waals surface area contributed by atoms with E-state index in [1.807, 2.05) is 13.8 Å². The van der Waals surface area contributed by atoms with Gasteiger partial charge < -0.3 is 15.4 Å². The van der Waals surface area contributed by atoms with Gasteiger partial charge in [0, 0.05) is 24.6 Å². The number of nitriles is 1. The maximum absolute atomic E-state index is 12.7. The summed E-state index contributed by atoms with van der Waals surface area (Å²) in [6.45, 7) is 4.56. The number of rotatable bonds is 10. The number of nitrogens with one attached hydrogen (secondary N) is 2. The van der Waals surface area contributed by atoms with E-state index in [1.54, 1.807) is 24.4 Å². The molecule has 1 aliphatic heterocycles. The SMILES string of the molecule is CC(C)C[C@H](CC(=O)OCc1ccccn1)C(=O)N[C@H](C#N)C[C@@H]1CCNC1=O. The average Bonchev–Trinajstić information content (AvgIpc) is 3.10. The van der Waals surface area contributed by atoms with Crippen LogP contribution in [0.15, 0.2) is 24.4 Å². The fraction of sp³-hybridized carbons (Fsp3) is 0.571. The van der Waals surface area contributed by atoms with Crippen LogP contribution in [0.5, 0.6) is 0 Å². The van der Waals surface area contributed by atoms with Gasteiger partial charge >= 0.3 is 5.97 Å². The molecule has 0 saturated carbocycles. The molecule has 8 nitrogen and oxygen atoms in total. The number of carbonyl (C=O) groups is 3. The zero-order valence-corrected chi connectivity index (χ0v) is 16.9. The predicted octanol–water partition coefficient (Wildman–Crippen LogP) is 1.71. The number of ether oxygens (including phenoxy) is 1. The lowest BCUT2D eigenvalue weighted by Gasteiger charge is -2.21.